The molecule has 1 aromatic rings. The van der Waals surface area contributed by atoms with E-state index in [1.54, 1.807) is 28.6 Å². The predicted molar refractivity (Wildman–Crippen MR) is 96.3 cm³/mol. The molecule has 1 aromatic carbocycles. The second-order valence-corrected chi connectivity index (χ2v) is 9.09. The van der Waals surface area contributed by atoms with Crippen molar-refractivity contribution in [3.05, 3.63) is 29.8 Å². The van der Waals surface area contributed by atoms with Crippen LogP contribution in [0, 0.1) is 0 Å². The van der Waals surface area contributed by atoms with Crippen LogP contribution >= 0.6 is 0 Å². The molecule has 1 saturated heterocycles. The van der Waals surface area contributed by atoms with E-state index >= 15 is 0 Å². The summed E-state index contributed by atoms with van der Waals surface area (Å²) in [6.07, 6.45) is 6.37. The van der Waals surface area contributed by atoms with Crippen LogP contribution in [0.1, 0.15) is 50.5 Å². The molecule has 1 amide bonds. The standard InChI is InChI=1S/C18H27N3O3S/c19-18(10-2-3-11-18)17(22)20-14-15-6-8-16(9-7-15)25(23,24)21-12-4-1-5-13-21/h6-9H,1-5,10-14,19H2,(H,20,22). The van der Waals surface area contributed by atoms with Gasteiger partial charge in [0.05, 0.1) is 10.4 Å². The molecule has 1 saturated carbocycles. The molecule has 0 radical (unpaired) electrons. The summed E-state index contributed by atoms with van der Waals surface area (Å²) < 4.78 is 26.8. The van der Waals surface area contributed by atoms with E-state index < -0.39 is 15.6 Å². The van der Waals surface area contributed by atoms with E-state index in [1.807, 2.05) is 0 Å². The van der Waals surface area contributed by atoms with Gasteiger partial charge in [-0.15, -0.1) is 0 Å². The fourth-order valence-electron chi connectivity index (χ4n) is 3.62. The van der Waals surface area contributed by atoms with E-state index in [1.165, 1.54) is 0 Å². The van der Waals surface area contributed by atoms with Gasteiger partial charge in [-0.2, -0.15) is 4.31 Å². The van der Waals surface area contributed by atoms with Gasteiger partial charge in [0, 0.05) is 19.6 Å². The van der Waals surface area contributed by atoms with Crippen LogP contribution in [0.4, 0.5) is 0 Å². The van der Waals surface area contributed by atoms with Gasteiger partial charge < -0.3 is 11.1 Å². The van der Waals surface area contributed by atoms with E-state index in [-0.39, 0.29) is 5.91 Å². The maximum Gasteiger partial charge on any atom is 0.243 e. The van der Waals surface area contributed by atoms with Crippen molar-refractivity contribution in [2.75, 3.05) is 13.1 Å². The van der Waals surface area contributed by atoms with Gasteiger partial charge in [-0.05, 0) is 43.4 Å². The number of sulfonamides is 1. The van der Waals surface area contributed by atoms with E-state index in [2.05, 4.69) is 5.32 Å². The van der Waals surface area contributed by atoms with Crippen molar-refractivity contribution in [2.24, 2.45) is 5.73 Å². The number of hydrogen-bond acceptors (Lipinski definition) is 4. The average molecular weight is 365 g/mol. The molecule has 2 fully saturated rings. The molecule has 0 bridgehead atoms. The second-order valence-electron chi connectivity index (χ2n) is 7.15. The zero-order valence-corrected chi connectivity index (χ0v) is 15.4. The first-order valence-electron chi connectivity index (χ1n) is 9.08. The molecular weight excluding hydrogens is 338 g/mol. The van der Waals surface area contributed by atoms with Gasteiger partial charge in [0.1, 0.15) is 0 Å². The number of amides is 1. The first-order chi connectivity index (χ1) is 11.9. The third-order valence-electron chi connectivity index (χ3n) is 5.28. The Hall–Kier alpha value is -1.44. The molecule has 7 heteroatoms. The van der Waals surface area contributed by atoms with Gasteiger partial charge >= 0.3 is 0 Å². The normalized spacial score (nSPS) is 21.2. The van der Waals surface area contributed by atoms with Crippen molar-refractivity contribution < 1.29 is 13.2 Å². The minimum absolute atomic E-state index is 0.116. The van der Waals surface area contributed by atoms with Crippen LogP contribution < -0.4 is 11.1 Å². The molecule has 0 atom stereocenters. The maximum absolute atomic E-state index is 12.6. The monoisotopic (exact) mass is 365 g/mol. The van der Waals surface area contributed by atoms with Gasteiger partial charge in [-0.3, -0.25) is 4.79 Å². The van der Waals surface area contributed by atoms with Crippen LogP contribution in [0.25, 0.3) is 0 Å². The summed E-state index contributed by atoms with van der Waals surface area (Å²) in [4.78, 5) is 12.5. The molecule has 0 unspecified atom stereocenters. The summed E-state index contributed by atoms with van der Waals surface area (Å²) in [5, 5.41) is 2.88. The van der Waals surface area contributed by atoms with Crippen molar-refractivity contribution in [1.29, 1.82) is 0 Å². The van der Waals surface area contributed by atoms with Crippen LogP contribution in [0.2, 0.25) is 0 Å². The molecule has 2 aliphatic rings. The topological polar surface area (TPSA) is 92.5 Å². The molecule has 3 rings (SSSR count). The van der Waals surface area contributed by atoms with Crippen molar-refractivity contribution in [3.8, 4) is 0 Å². The molecule has 3 N–H and O–H groups in total. The Morgan fingerprint density at radius 3 is 2.24 bits per heavy atom. The largest absolute Gasteiger partial charge is 0.350 e. The number of benzene rings is 1. The van der Waals surface area contributed by atoms with Crippen LogP contribution in [-0.4, -0.2) is 37.3 Å². The molecule has 138 valence electrons. The second kappa shape index (κ2) is 7.43. The summed E-state index contributed by atoms with van der Waals surface area (Å²) >= 11 is 0. The third-order valence-corrected chi connectivity index (χ3v) is 7.19. The number of carbonyl (C=O) groups excluding carboxylic acids is 1. The summed E-state index contributed by atoms with van der Waals surface area (Å²) in [5.41, 5.74) is 6.26. The van der Waals surface area contributed by atoms with Crippen molar-refractivity contribution in [1.82, 2.24) is 9.62 Å². The Kier molecular flexibility index (Phi) is 5.46. The van der Waals surface area contributed by atoms with Gasteiger partial charge in [0.15, 0.2) is 0 Å². The molecule has 6 nitrogen and oxygen atoms in total. The van der Waals surface area contributed by atoms with Gasteiger partial charge in [0.25, 0.3) is 0 Å². The van der Waals surface area contributed by atoms with Gasteiger partial charge in [-0.25, -0.2) is 8.42 Å². The summed E-state index contributed by atoms with van der Waals surface area (Å²) in [5.74, 6) is -0.116. The van der Waals surface area contributed by atoms with E-state index in [9.17, 15) is 13.2 Å². The van der Waals surface area contributed by atoms with E-state index in [4.69, 9.17) is 5.73 Å². The zero-order valence-electron chi connectivity index (χ0n) is 14.5. The molecule has 1 aliphatic heterocycles. The number of nitrogens with two attached hydrogens (primary N) is 1. The molecule has 1 heterocycles. The molecule has 1 aliphatic carbocycles. The maximum atomic E-state index is 12.6. The quantitative estimate of drug-likeness (QED) is 0.831. The smallest absolute Gasteiger partial charge is 0.243 e. The highest BCUT2D eigenvalue weighted by atomic mass is 32.2. The Labute approximate surface area is 149 Å². The highest BCUT2D eigenvalue weighted by molar-refractivity contribution is 7.89. The lowest BCUT2D eigenvalue weighted by atomic mass is 9.98. The number of rotatable bonds is 5. The molecule has 25 heavy (non-hydrogen) atoms. The number of carbonyl (C=O) groups is 1. The van der Waals surface area contributed by atoms with Crippen molar-refractivity contribution >= 4 is 15.9 Å². The Morgan fingerprint density at radius 1 is 1.04 bits per heavy atom. The van der Waals surface area contributed by atoms with E-state index in [0.717, 1.165) is 50.5 Å². The van der Waals surface area contributed by atoms with Crippen LogP contribution in [-0.2, 0) is 21.4 Å². The first kappa shape index (κ1) is 18.4. The summed E-state index contributed by atoms with van der Waals surface area (Å²) in [6.45, 7) is 1.55. The Bertz CT molecular complexity index is 704. The molecule has 0 spiro atoms. The lowest BCUT2D eigenvalue weighted by Crippen LogP contribution is -2.51. The first-order valence-corrected chi connectivity index (χ1v) is 10.5. The Balaban J connectivity index is 1.61. The fourth-order valence-corrected chi connectivity index (χ4v) is 5.14. The minimum atomic E-state index is -3.41. The van der Waals surface area contributed by atoms with Gasteiger partial charge in [0.2, 0.25) is 15.9 Å². The lowest BCUT2D eigenvalue weighted by Gasteiger charge is -2.26. The highest BCUT2D eigenvalue weighted by Crippen LogP contribution is 2.27. The molecule has 0 aromatic heterocycles. The number of nitrogens with one attached hydrogen (secondary N) is 1. The highest BCUT2D eigenvalue weighted by Gasteiger charge is 2.36. The van der Waals surface area contributed by atoms with Crippen molar-refractivity contribution in [2.45, 2.75) is 61.9 Å². The van der Waals surface area contributed by atoms with Crippen LogP contribution in [0.15, 0.2) is 29.2 Å². The summed E-state index contributed by atoms with van der Waals surface area (Å²) in [7, 11) is -3.41. The number of nitrogens with zero attached hydrogens (tertiary/aromatic N) is 1. The SMILES string of the molecule is NC1(C(=O)NCc2ccc(S(=O)(=O)N3CCCCC3)cc2)CCCC1. The lowest BCUT2D eigenvalue weighted by molar-refractivity contribution is -0.126. The number of piperidine rings is 1. The van der Waals surface area contributed by atoms with Crippen molar-refractivity contribution in [3.63, 3.8) is 0 Å². The summed E-state index contributed by atoms with van der Waals surface area (Å²) in [6, 6.07) is 6.77. The third kappa shape index (κ3) is 4.04. The van der Waals surface area contributed by atoms with E-state index in [0.29, 0.717) is 24.5 Å². The molecular formula is C18H27N3O3S. The van der Waals surface area contributed by atoms with Crippen LogP contribution in [0.3, 0.4) is 0 Å². The fraction of sp³-hybridized carbons (Fsp3) is 0.611. The average Bonchev–Trinajstić information content (AvgIpc) is 3.09. The number of hydrogen-bond donors (Lipinski definition) is 2. The minimum Gasteiger partial charge on any atom is -0.350 e. The van der Waals surface area contributed by atoms with Crippen LogP contribution in [0.5, 0.6) is 0 Å². The Morgan fingerprint density at radius 2 is 1.64 bits per heavy atom. The zero-order chi connectivity index (χ0) is 17.9. The van der Waals surface area contributed by atoms with Gasteiger partial charge in [-0.1, -0.05) is 31.4 Å². The predicted octanol–water partition coefficient (Wildman–Crippen LogP) is 1.75.